The van der Waals surface area contributed by atoms with E-state index in [0.717, 1.165) is 11.3 Å². The Morgan fingerprint density at radius 1 is 1.16 bits per heavy atom. The predicted octanol–water partition coefficient (Wildman–Crippen LogP) is 3.09. The minimum atomic E-state index is -0.230. The molecule has 19 heavy (non-hydrogen) atoms. The SMILES string of the molecule is CN(Cc1ccc(F)cc1)Cc1nc(N)ccc1Cl. The fourth-order valence-corrected chi connectivity index (χ4v) is 1.99. The van der Waals surface area contributed by atoms with E-state index < -0.39 is 0 Å². The van der Waals surface area contributed by atoms with Crippen LogP contribution in [-0.2, 0) is 13.1 Å². The lowest BCUT2D eigenvalue weighted by Gasteiger charge is -2.17. The molecule has 1 aromatic heterocycles. The van der Waals surface area contributed by atoms with Crippen molar-refractivity contribution >= 4 is 17.4 Å². The topological polar surface area (TPSA) is 42.2 Å². The van der Waals surface area contributed by atoms with Gasteiger partial charge in [0.25, 0.3) is 0 Å². The van der Waals surface area contributed by atoms with Crippen LogP contribution in [0.25, 0.3) is 0 Å². The van der Waals surface area contributed by atoms with E-state index in [2.05, 4.69) is 4.98 Å². The maximum Gasteiger partial charge on any atom is 0.123 e. The molecule has 1 heterocycles. The van der Waals surface area contributed by atoms with Crippen LogP contribution in [0.15, 0.2) is 36.4 Å². The lowest BCUT2D eigenvalue weighted by molar-refractivity contribution is 0.315. The standard InChI is InChI=1S/C14H15ClFN3/c1-19(8-10-2-4-11(16)5-3-10)9-13-12(15)6-7-14(17)18-13/h2-7H,8-9H2,1H3,(H2,17,18). The number of nitrogen functional groups attached to an aromatic ring is 1. The summed E-state index contributed by atoms with van der Waals surface area (Å²) in [7, 11) is 1.95. The fraction of sp³-hybridized carbons (Fsp3) is 0.214. The van der Waals surface area contributed by atoms with E-state index in [1.807, 2.05) is 11.9 Å². The van der Waals surface area contributed by atoms with Gasteiger partial charge in [0.15, 0.2) is 0 Å². The van der Waals surface area contributed by atoms with Gasteiger partial charge < -0.3 is 5.73 Å². The molecule has 2 N–H and O–H groups in total. The number of nitrogens with two attached hydrogens (primary N) is 1. The Bertz CT molecular complexity index is 557. The maximum atomic E-state index is 12.8. The second-order valence-corrected chi connectivity index (χ2v) is 4.87. The van der Waals surface area contributed by atoms with Gasteiger partial charge in [0.1, 0.15) is 11.6 Å². The van der Waals surface area contributed by atoms with Crippen LogP contribution in [-0.4, -0.2) is 16.9 Å². The molecular weight excluding hydrogens is 265 g/mol. The third kappa shape index (κ3) is 3.91. The zero-order valence-corrected chi connectivity index (χ0v) is 11.4. The quantitative estimate of drug-likeness (QED) is 0.935. The van der Waals surface area contributed by atoms with Crippen molar-refractivity contribution in [1.29, 1.82) is 0 Å². The van der Waals surface area contributed by atoms with Gasteiger partial charge in [-0.1, -0.05) is 23.7 Å². The summed E-state index contributed by atoms with van der Waals surface area (Å²) in [5, 5.41) is 0.597. The highest BCUT2D eigenvalue weighted by Crippen LogP contribution is 2.17. The Morgan fingerprint density at radius 3 is 2.53 bits per heavy atom. The van der Waals surface area contributed by atoms with E-state index in [4.69, 9.17) is 17.3 Å². The van der Waals surface area contributed by atoms with E-state index in [9.17, 15) is 4.39 Å². The van der Waals surface area contributed by atoms with Crippen molar-refractivity contribution < 1.29 is 4.39 Å². The Labute approximate surface area is 116 Å². The van der Waals surface area contributed by atoms with Crippen LogP contribution in [0.5, 0.6) is 0 Å². The number of halogens is 2. The van der Waals surface area contributed by atoms with Crippen LogP contribution in [0.1, 0.15) is 11.3 Å². The molecule has 3 nitrogen and oxygen atoms in total. The smallest absolute Gasteiger partial charge is 0.123 e. The van der Waals surface area contributed by atoms with Crippen molar-refractivity contribution in [3.8, 4) is 0 Å². The number of nitrogens with zero attached hydrogens (tertiary/aromatic N) is 2. The zero-order valence-electron chi connectivity index (χ0n) is 10.6. The van der Waals surface area contributed by atoms with Gasteiger partial charge in [0, 0.05) is 13.1 Å². The third-order valence-electron chi connectivity index (χ3n) is 2.73. The van der Waals surface area contributed by atoms with Crippen LogP contribution >= 0.6 is 11.6 Å². The first-order chi connectivity index (χ1) is 9.04. The first-order valence-corrected chi connectivity index (χ1v) is 6.26. The Balaban J connectivity index is 2.02. The van der Waals surface area contributed by atoms with Crippen molar-refractivity contribution in [3.05, 3.63) is 58.5 Å². The Morgan fingerprint density at radius 2 is 1.84 bits per heavy atom. The number of hydrogen-bond acceptors (Lipinski definition) is 3. The summed E-state index contributed by atoms with van der Waals surface area (Å²) >= 11 is 6.07. The van der Waals surface area contributed by atoms with Crippen LogP contribution in [0.2, 0.25) is 5.02 Å². The summed E-state index contributed by atoms with van der Waals surface area (Å²) < 4.78 is 12.8. The summed E-state index contributed by atoms with van der Waals surface area (Å²) in [6, 6.07) is 9.85. The average Bonchev–Trinajstić information content (AvgIpc) is 2.37. The molecule has 0 spiro atoms. The second kappa shape index (κ2) is 5.99. The number of pyridine rings is 1. The number of anilines is 1. The van der Waals surface area contributed by atoms with Crippen molar-refractivity contribution in [2.24, 2.45) is 0 Å². The second-order valence-electron chi connectivity index (χ2n) is 4.46. The molecule has 0 bridgehead atoms. The maximum absolute atomic E-state index is 12.8. The van der Waals surface area contributed by atoms with Gasteiger partial charge in [0.2, 0.25) is 0 Å². The zero-order chi connectivity index (χ0) is 13.8. The summed E-state index contributed by atoms with van der Waals surface area (Å²) in [5.41, 5.74) is 7.42. The molecule has 2 rings (SSSR count). The minimum absolute atomic E-state index is 0.230. The monoisotopic (exact) mass is 279 g/mol. The molecule has 0 atom stereocenters. The van der Waals surface area contributed by atoms with Crippen LogP contribution in [0.3, 0.4) is 0 Å². The molecule has 0 unspecified atom stereocenters. The van der Waals surface area contributed by atoms with Crippen molar-refractivity contribution in [3.63, 3.8) is 0 Å². The van der Waals surface area contributed by atoms with Gasteiger partial charge in [-0.2, -0.15) is 0 Å². The summed E-state index contributed by atoms with van der Waals surface area (Å²) in [4.78, 5) is 6.26. The molecule has 0 aliphatic heterocycles. The molecule has 100 valence electrons. The third-order valence-corrected chi connectivity index (χ3v) is 3.07. The van der Waals surface area contributed by atoms with Gasteiger partial charge in [0.05, 0.1) is 10.7 Å². The van der Waals surface area contributed by atoms with Gasteiger partial charge in [-0.05, 0) is 36.9 Å². The molecule has 0 amide bonds. The van der Waals surface area contributed by atoms with E-state index in [1.165, 1.54) is 12.1 Å². The van der Waals surface area contributed by atoms with Gasteiger partial charge in [-0.3, -0.25) is 4.90 Å². The number of rotatable bonds is 4. The van der Waals surface area contributed by atoms with E-state index in [-0.39, 0.29) is 5.82 Å². The fourth-order valence-electron chi connectivity index (χ4n) is 1.83. The molecule has 0 aliphatic carbocycles. The molecule has 0 saturated heterocycles. The highest BCUT2D eigenvalue weighted by molar-refractivity contribution is 6.31. The molecule has 0 aliphatic rings. The van der Waals surface area contributed by atoms with Crippen molar-refractivity contribution in [1.82, 2.24) is 9.88 Å². The van der Waals surface area contributed by atoms with E-state index in [0.29, 0.717) is 23.9 Å². The molecular formula is C14H15ClFN3. The minimum Gasteiger partial charge on any atom is -0.384 e. The number of aromatic nitrogens is 1. The molecule has 5 heteroatoms. The first kappa shape index (κ1) is 13.8. The largest absolute Gasteiger partial charge is 0.384 e. The summed E-state index contributed by atoms with van der Waals surface area (Å²) in [5.74, 6) is 0.224. The lowest BCUT2D eigenvalue weighted by Crippen LogP contribution is -2.18. The van der Waals surface area contributed by atoms with Gasteiger partial charge in [-0.25, -0.2) is 9.37 Å². The van der Waals surface area contributed by atoms with Crippen LogP contribution in [0, 0.1) is 5.82 Å². The van der Waals surface area contributed by atoms with E-state index in [1.54, 1.807) is 24.3 Å². The summed E-state index contributed by atoms with van der Waals surface area (Å²) in [6.45, 7) is 1.27. The Hall–Kier alpha value is -1.65. The molecule has 0 radical (unpaired) electrons. The molecule has 1 aromatic carbocycles. The van der Waals surface area contributed by atoms with Crippen molar-refractivity contribution in [2.75, 3.05) is 12.8 Å². The van der Waals surface area contributed by atoms with Crippen LogP contribution in [0.4, 0.5) is 10.2 Å². The number of benzene rings is 1. The first-order valence-electron chi connectivity index (χ1n) is 5.88. The average molecular weight is 280 g/mol. The Kier molecular flexibility index (Phi) is 4.35. The lowest BCUT2D eigenvalue weighted by atomic mass is 10.2. The van der Waals surface area contributed by atoms with Crippen LogP contribution < -0.4 is 5.73 Å². The number of hydrogen-bond donors (Lipinski definition) is 1. The molecule has 2 aromatic rings. The normalized spacial score (nSPS) is 10.9. The summed E-state index contributed by atoms with van der Waals surface area (Å²) in [6.07, 6.45) is 0. The van der Waals surface area contributed by atoms with Gasteiger partial charge >= 0.3 is 0 Å². The van der Waals surface area contributed by atoms with Gasteiger partial charge in [-0.15, -0.1) is 0 Å². The molecule has 0 saturated carbocycles. The van der Waals surface area contributed by atoms with Crippen molar-refractivity contribution in [2.45, 2.75) is 13.1 Å². The molecule has 0 fully saturated rings. The predicted molar refractivity (Wildman–Crippen MR) is 75.2 cm³/mol. The van der Waals surface area contributed by atoms with E-state index >= 15 is 0 Å². The highest BCUT2D eigenvalue weighted by Gasteiger charge is 2.07. The highest BCUT2D eigenvalue weighted by atomic mass is 35.5.